The lowest BCUT2D eigenvalue weighted by Gasteiger charge is -2.16. The van der Waals surface area contributed by atoms with Gasteiger partial charge in [-0.05, 0) is 47.7 Å². The van der Waals surface area contributed by atoms with E-state index in [9.17, 15) is 4.79 Å². The highest BCUT2D eigenvalue weighted by Gasteiger charge is 2.12. The van der Waals surface area contributed by atoms with Crippen molar-refractivity contribution >= 4 is 33.5 Å². The third kappa shape index (κ3) is 10.2. The van der Waals surface area contributed by atoms with E-state index in [1.165, 1.54) is 0 Å². The summed E-state index contributed by atoms with van der Waals surface area (Å²) < 4.78 is 12.0. The lowest BCUT2D eigenvalue weighted by Crippen LogP contribution is -2.24. The first kappa shape index (κ1) is 29.2. The molecule has 6 N–H and O–H groups in total. The predicted molar refractivity (Wildman–Crippen MR) is 156 cm³/mol. The molecule has 0 aliphatic carbocycles. The van der Waals surface area contributed by atoms with E-state index in [0.29, 0.717) is 44.2 Å². The molecule has 2 aromatic carbocycles. The fraction of sp³-hybridized carbons (Fsp3) is 0.296. The lowest BCUT2D eigenvalue weighted by molar-refractivity contribution is -0.120. The van der Waals surface area contributed by atoms with Crippen molar-refractivity contribution in [2.24, 2.45) is 16.5 Å². The van der Waals surface area contributed by atoms with Gasteiger partial charge in [-0.15, -0.1) is 0 Å². The van der Waals surface area contributed by atoms with Crippen LogP contribution < -0.4 is 31.6 Å². The lowest BCUT2D eigenvalue weighted by atomic mass is 10.0. The van der Waals surface area contributed by atoms with Crippen LogP contribution >= 0.6 is 21.6 Å². The number of para-hydroxylation sites is 1. The van der Waals surface area contributed by atoms with Gasteiger partial charge in [-0.2, -0.15) is 0 Å². The number of nitrogens with zero attached hydrogens (tertiary/aromatic N) is 2. The fourth-order valence-corrected chi connectivity index (χ4v) is 5.21. The van der Waals surface area contributed by atoms with Gasteiger partial charge in [0.1, 0.15) is 29.7 Å². The topological polar surface area (TPSA) is 137 Å². The number of likely N-dealkylation sites (N-methyl/N-ethyl adjacent to an activating group) is 1. The van der Waals surface area contributed by atoms with Gasteiger partial charge in [-0.25, -0.2) is 4.98 Å². The average Bonchev–Trinajstić information content (AvgIpc) is 2.93. The first-order chi connectivity index (χ1) is 18.6. The number of nitrogens with one attached hydrogen (secondary N) is 2. The quantitative estimate of drug-likeness (QED) is 0.0908. The van der Waals surface area contributed by atoms with Crippen LogP contribution in [0.2, 0.25) is 0 Å². The van der Waals surface area contributed by atoms with Gasteiger partial charge in [0.15, 0.2) is 5.96 Å². The standard InChI is InChI=1S/C27H34N6O3S2/c1-30-13-15-35-23-7-3-2-6-22(23)20-9-10-21(24(18-20)36-16-14-32-27(28)29)19-33-25(34)11-17-37-38-26-8-4-5-12-31-26/h2-10,12,18,30H,11,13-17,19H2,1H3,(H,33,34)(H4,28,29,32). The zero-order valence-electron chi connectivity index (χ0n) is 21.4. The van der Waals surface area contributed by atoms with E-state index in [4.69, 9.17) is 20.9 Å². The summed E-state index contributed by atoms with van der Waals surface area (Å²) in [5.41, 5.74) is 13.6. The third-order valence-electron chi connectivity index (χ3n) is 5.19. The van der Waals surface area contributed by atoms with Gasteiger partial charge in [-0.3, -0.25) is 9.79 Å². The zero-order valence-corrected chi connectivity index (χ0v) is 23.0. The van der Waals surface area contributed by atoms with Gasteiger partial charge in [-0.1, -0.05) is 47.2 Å². The SMILES string of the molecule is CNCCOc1ccccc1-c1ccc(CNC(=O)CCSSc2ccccn2)c(OCCN=C(N)N)c1. The van der Waals surface area contributed by atoms with Crippen molar-refractivity contribution in [2.45, 2.75) is 18.0 Å². The van der Waals surface area contributed by atoms with Crippen LogP contribution in [0.4, 0.5) is 0 Å². The average molecular weight is 555 g/mol. The second-order valence-corrected chi connectivity index (χ2v) is 10.5. The molecule has 202 valence electrons. The molecule has 9 nitrogen and oxygen atoms in total. The minimum Gasteiger partial charge on any atom is -0.492 e. The highest BCUT2D eigenvalue weighted by Crippen LogP contribution is 2.34. The Bertz CT molecular complexity index is 1180. The van der Waals surface area contributed by atoms with E-state index in [2.05, 4.69) is 20.6 Å². The molecule has 0 unspecified atom stereocenters. The number of ether oxygens (including phenoxy) is 2. The largest absolute Gasteiger partial charge is 0.492 e. The van der Waals surface area contributed by atoms with Crippen molar-refractivity contribution < 1.29 is 14.3 Å². The van der Waals surface area contributed by atoms with Crippen molar-refractivity contribution in [3.8, 4) is 22.6 Å². The summed E-state index contributed by atoms with van der Waals surface area (Å²) >= 11 is 0. The first-order valence-corrected chi connectivity index (χ1v) is 14.5. The number of pyridine rings is 1. The number of carbonyl (C=O) groups is 1. The number of aliphatic imine (C=N–C) groups is 1. The predicted octanol–water partition coefficient (Wildman–Crippen LogP) is 3.45. The molecule has 3 aromatic rings. The van der Waals surface area contributed by atoms with Crippen LogP contribution in [0.15, 0.2) is 76.9 Å². The number of amides is 1. The summed E-state index contributed by atoms with van der Waals surface area (Å²) in [7, 11) is 5.05. The monoisotopic (exact) mass is 554 g/mol. The minimum absolute atomic E-state index is 0.0153. The van der Waals surface area contributed by atoms with Crippen LogP contribution in [0, 0.1) is 0 Å². The Morgan fingerprint density at radius 1 is 1.03 bits per heavy atom. The van der Waals surface area contributed by atoms with E-state index in [1.54, 1.807) is 27.8 Å². The van der Waals surface area contributed by atoms with E-state index in [-0.39, 0.29) is 11.9 Å². The molecule has 11 heteroatoms. The smallest absolute Gasteiger partial charge is 0.221 e. The zero-order chi connectivity index (χ0) is 27.0. The van der Waals surface area contributed by atoms with Crippen LogP contribution in [-0.4, -0.2) is 56.0 Å². The molecule has 0 fully saturated rings. The normalized spacial score (nSPS) is 10.6. The van der Waals surface area contributed by atoms with Gasteiger partial charge in [0.2, 0.25) is 5.91 Å². The molecule has 0 bridgehead atoms. The summed E-state index contributed by atoms with van der Waals surface area (Å²) in [5.74, 6) is 2.10. The van der Waals surface area contributed by atoms with Crippen molar-refractivity contribution in [3.05, 3.63) is 72.4 Å². The number of aromatic nitrogens is 1. The highest BCUT2D eigenvalue weighted by atomic mass is 33.1. The number of carbonyl (C=O) groups excluding carboxylic acids is 1. The molecule has 3 rings (SSSR count). The maximum atomic E-state index is 12.5. The fourth-order valence-electron chi connectivity index (χ4n) is 3.34. The van der Waals surface area contributed by atoms with Crippen LogP contribution in [0.5, 0.6) is 11.5 Å². The first-order valence-electron chi connectivity index (χ1n) is 12.2. The van der Waals surface area contributed by atoms with Crippen molar-refractivity contribution in [3.63, 3.8) is 0 Å². The molecular weight excluding hydrogens is 520 g/mol. The molecular formula is C27H34N6O3S2. The molecule has 0 aliphatic heterocycles. The second kappa shape index (κ2) is 16.4. The Labute approximate surface area is 231 Å². The van der Waals surface area contributed by atoms with Gasteiger partial charge >= 0.3 is 0 Å². The van der Waals surface area contributed by atoms with Crippen LogP contribution in [0.1, 0.15) is 12.0 Å². The van der Waals surface area contributed by atoms with Crippen LogP contribution in [0.3, 0.4) is 0 Å². The van der Waals surface area contributed by atoms with Gasteiger partial charge in [0, 0.05) is 42.6 Å². The van der Waals surface area contributed by atoms with Gasteiger partial charge in [0.05, 0.1) is 6.54 Å². The number of nitrogens with two attached hydrogens (primary N) is 2. The van der Waals surface area contributed by atoms with Crippen LogP contribution in [-0.2, 0) is 11.3 Å². The highest BCUT2D eigenvalue weighted by molar-refractivity contribution is 8.76. The summed E-state index contributed by atoms with van der Waals surface area (Å²) in [6.07, 6.45) is 2.16. The molecule has 0 saturated carbocycles. The Morgan fingerprint density at radius 2 is 1.84 bits per heavy atom. The summed E-state index contributed by atoms with van der Waals surface area (Å²) in [5, 5.41) is 7.00. The van der Waals surface area contributed by atoms with Crippen molar-refractivity contribution in [1.29, 1.82) is 0 Å². The Balaban J connectivity index is 1.64. The molecule has 0 aliphatic rings. The maximum Gasteiger partial charge on any atom is 0.221 e. The third-order valence-corrected chi connectivity index (χ3v) is 7.46. The number of benzene rings is 2. The Morgan fingerprint density at radius 3 is 2.63 bits per heavy atom. The maximum absolute atomic E-state index is 12.5. The summed E-state index contributed by atoms with van der Waals surface area (Å²) in [6, 6.07) is 19.6. The molecule has 1 aromatic heterocycles. The van der Waals surface area contributed by atoms with Gasteiger partial charge in [0.25, 0.3) is 0 Å². The number of hydrogen-bond donors (Lipinski definition) is 4. The molecule has 1 heterocycles. The second-order valence-electron chi connectivity index (χ2n) is 8.03. The molecule has 0 spiro atoms. The molecule has 0 saturated heterocycles. The number of hydrogen-bond acceptors (Lipinski definition) is 8. The summed E-state index contributed by atoms with van der Waals surface area (Å²) in [4.78, 5) is 20.7. The minimum atomic E-state index is -0.0297. The molecule has 0 atom stereocenters. The number of guanidine groups is 1. The Hall–Kier alpha value is -3.41. The van der Waals surface area contributed by atoms with Crippen LogP contribution in [0.25, 0.3) is 11.1 Å². The Kier molecular flexibility index (Phi) is 12.6. The van der Waals surface area contributed by atoms with Crippen molar-refractivity contribution in [1.82, 2.24) is 15.6 Å². The van der Waals surface area contributed by atoms with E-state index in [1.807, 2.05) is 67.7 Å². The molecule has 38 heavy (non-hydrogen) atoms. The van der Waals surface area contributed by atoms with E-state index in [0.717, 1.165) is 34.0 Å². The summed E-state index contributed by atoms with van der Waals surface area (Å²) in [6.45, 7) is 2.26. The number of rotatable bonds is 16. The van der Waals surface area contributed by atoms with Gasteiger partial charge < -0.3 is 31.6 Å². The van der Waals surface area contributed by atoms with E-state index >= 15 is 0 Å². The molecule has 1 amide bonds. The van der Waals surface area contributed by atoms with Crippen molar-refractivity contribution in [2.75, 3.05) is 39.1 Å². The molecule has 0 radical (unpaired) electrons. The van der Waals surface area contributed by atoms with E-state index < -0.39 is 0 Å².